The monoisotopic (exact) mass is 388 g/mol. The molecule has 0 aliphatic heterocycles. The number of aliphatic hydroxyl groups is 1. The second-order valence-electron chi connectivity index (χ2n) is 6.82. The lowest BCUT2D eigenvalue weighted by molar-refractivity contribution is 0.102. The molecule has 0 aliphatic rings. The van der Waals surface area contributed by atoms with E-state index >= 15 is 0 Å². The van der Waals surface area contributed by atoms with Gasteiger partial charge in [0.2, 0.25) is 0 Å². The second kappa shape index (κ2) is 7.77. The van der Waals surface area contributed by atoms with E-state index in [1.807, 2.05) is 44.2 Å². The van der Waals surface area contributed by atoms with E-state index in [-0.39, 0.29) is 12.5 Å². The molecule has 0 unspecified atom stereocenters. The van der Waals surface area contributed by atoms with Crippen LogP contribution in [0.3, 0.4) is 0 Å². The zero-order chi connectivity index (χ0) is 20.4. The fraction of sp³-hybridized carbons (Fsp3) is 0.130. The van der Waals surface area contributed by atoms with Gasteiger partial charge >= 0.3 is 0 Å². The number of benzene rings is 2. The maximum absolute atomic E-state index is 12.8. The van der Waals surface area contributed by atoms with Gasteiger partial charge in [-0.25, -0.2) is 4.98 Å². The number of nitrogens with zero attached hydrogens (tertiary/aromatic N) is 1. The highest BCUT2D eigenvalue weighted by atomic mass is 16.5. The van der Waals surface area contributed by atoms with E-state index in [1.54, 1.807) is 24.3 Å². The van der Waals surface area contributed by atoms with Crippen LogP contribution in [0.5, 0.6) is 11.5 Å². The number of hydrogen-bond donors (Lipinski definition) is 2. The number of nitrogens with one attached hydrogen (secondary N) is 1. The summed E-state index contributed by atoms with van der Waals surface area (Å²) in [5.74, 6) is 2.00. The summed E-state index contributed by atoms with van der Waals surface area (Å²) in [4.78, 5) is 16.9. The predicted octanol–water partition coefficient (Wildman–Crippen LogP) is 4.98. The number of pyridine rings is 1. The van der Waals surface area contributed by atoms with Crippen molar-refractivity contribution in [2.45, 2.75) is 20.5 Å². The van der Waals surface area contributed by atoms with Gasteiger partial charge in [-0.1, -0.05) is 23.8 Å². The maximum atomic E-state index is 12.8. The number of anilines is 1. The van der Waals surface area contributed by atoms with Crippen molar-refractivity contribution in [3.63, 3.8) is 0 Å². The van der Waals surface area contributed by atoms with Gasteiger partial charge in [-0.05, 0) is 55.8 Å². The zero-order valence-electron chi connectivity index (χ0n) is 16.1. The van der Waals surface area contributed by atoms with E-state index in [0.29, 0.717) is 34.0 Å². The normalized spacial score (nSPS) is 10.9. The van der Waals surface area contributed by atoms with E-state index in [2.05, 4.69) is 10.3 Å². The summed E-state index contributed by atoms with van der Waals surface area (Å²) in [6.45, 7) is 3.75. The molecule has 2 N–H and O–H groups in total. The summed E-state index contributed by atoms with van der Waals surface area (Å²) in [5.41, 5.74) is 2.77. The Hall–Kier alpha value is -3.64. The summed E-state index contributed by atoms with van der Waals surface area (Å²) in [5, 5.41) is 12.7. The van der Waals surface area contributed by atoms with Crippen molar-refractivity contribution in [2.24, 2.45) is 0 Å². The number of carbonyl (C=O) groups is 1. The molecule has 0 saturated heterocycles. The van der Waals surface area contributed by atoms with Crippen LogP contribution >= 0.6 is 0 Å². The molecular weight excluding hydrogens is 368 g/mol. The third kappa shape index (κ3) is 4.12. The third-order valence-electron chi connectivity index (χ3n) is 4.48. The Balaban J connectivity index is 1.66. The second-order valence-corrected chi connectivity index (χ2v) is 6.82. The largest absolute Gasteiger partial charge is 0.461 e. The van der Waals surface area contributed by atoms with Gasteiger partial charge in [0, 0.05) is 11.8 Å². The van der Waals surface area contributed by atoms with Crippen molar-refractivity contribution >= 4 is 22.7 Å². The highest BCUT2D eigenvalue weighted by molar-refractivity contribution is 6.06. The quantitative estimate of drug-likeness (QED) is 0.504. The Bertz CT molecular complexity index is 1160. The van der Waals surface area contributed by atoms with E-state index in [1.165, 1.54) is 6.20 Å². The van der Waals surface area contributed by atoms with Crippen LogP contribution in [-0.2, 0) is 6.61 Å². The van der Waals surface area contributed by atoms with Crippen molar-refractivity contribution in [2.75, 3.05) is 5.32 Å². The first kappa shape index (κ1) is 18.7. The Labute approximate surface area is 167 Å². The lowest BCUT2D eigenvalue weighted by atomic mass is 10.1. The lowest BCUT2D eigenvalue weighted by Crippen LogP contribution is -2.13. The number of furan rings is 1. The van der Waals surface area contributed by atoms with Crippen LogP contribution in [0.25, 0.3) is 11.0 Å². The molecule has 4 rings (SSSR count). The molecule has 29 heavy (non-hydrogen) atoms. The van der Waals surface area contributed by atoms with Crippen LogP contribution in [0.2, 0.25) is 0 Å². The number of ether oxygens (including phenoxy) is 1. The highest BCUT2D eigenvalue weighted by Gasteiger charge is 2.15. The van der Waals surface area contributed by atoms with Gasteiger partial charge in [0.05, 0.1) is 12.0 Å². The SMILES string of the molecule is Cc1ccc(Oc2cc(C(=O)Nc3ccc(CO)cn3)cc3oc(C)cc23)cc1. The minimum atomic E-state index is -0.334. The van der Waals surface area contributed by atoms with Crippen molar-refractivity contribution in [3.8, 4) is 11.5 Å². The summed E-state index contributed by atoms with van der Waals surface area (Å²) in [6.07, 6.45) is 1.51. The number of hydrogen-bond acceptors (Lipinski definition) is 5. The Morgan fingerprint density at radius 3 is 2.59 bits per heavy atom. The molecule has 0 saturated carbocycles. The van der Waals surface area contributed by atoms with Gasteiger partial charge in [0.1, 0.15) is 28.7 Å². The van der Waals surface area contributed by atoms with Crippen LogP contribution in [0, 0.1) is 13.8 Å². The van der Waals surface area contributed by atoms with Crippen LogP contribution in [-0.4, -0.2) is 16.0 Å². The molecule has 0 aliphatic carbocycles. The molecule has 6 nitrogen and oxygen atoms in total. The summed E-state index contributed by atoms with van der Waals surface area (Å²) < 4.78 is 11.8. The minimum absolute atomic E-state index is 0.102. The fourth-order valence-corrected chi connectivity index (χ4v) is 2.96. The maximum Gasteiger partial charge on any atom is 0.257 e. The highest BCUT2D eigenvalue weighted by Crippen LogP contribution is 2.34. The minimum Gasteiger partial charge on any atom is -0.461 e. The Morgan fingerprint density at radius 1 is 1.10 bits per heavy atom. The molecule has 2 heterocycles. The average Bonchev–Trinajstić information content (AvgIpc) is 3.10. The first-order valence-electron chi connectivity index (χ1n) is 9.17. The van der Waals surface area contributed by atoms with Gasteiger partial charge in [-0.15, -0.1) is 0 Å². The van der Waals surface area contributed by atoms with Crippen molar-refractivity contribution < 1.29 is 19.1 Å². The molecular formula is C23H20N2O4. The third-order valence-corrected chi connectivity index (χ3v) is 4.48. The van der Waals surface area contributed by atoms with Gasteiger partial charge in [-0.2, -0.15) is 0 Å². The number of amides is 1. The fourth-order valence-electron chi connectivity index (χ4n) is 2.96. The van der Waals surface area contributed by atoms with Crippen molar-refractivity contribution in [1.29, 1.82) is 0 Å². The predicted molar refractivity (Wildman–Crippen MR) is 110 cm³/mol. The summed E-state index contributed by atoms with van der Waals surface area (Å²) in [6, 6.07) is 16.3. The number of aryl methyl sites for hydroxylation is 2. The van der Waals surface area contributed by atoms with Crippen molar-refractivity contribution in [3.05, 3.63) is 83.2 Å². The van der Waals surface area contributed by atoms with Crippen LogP contribution in [0.15, 0.2) is 65.2 Å². The molecule has 2 aromatic carbocycles. The van der Waals surface area contributed by atoms with Crippen LogP contribution in [0.1, 0.15) is 27.2 Å². The van der Waals surface area contributed by atoms with E-state index < -0.39 is 0 Å². The van der Waals surface area contributed by atoms with Gasteiger partial charge in [0.15, 0.2) is 0 Å². The Kier molecular flexibility index (Phi) is 5.01. The number of aromatic nitrogens is 1. The number of rotatable bonds is 5. The van der Waals surface area contributed by atoms with E-state index in [0.717, 1.165) is 16.7 Å². The van der Waals surface area contributed by atoms with E-state index in [4.69, 9.17) is 14.3 Å². The van der Waals surface area contributed by atoms with Gasteiger partial charge in [0.25, 0.3) is 5.91 Å². The molecule has 0 fully saturated rings. The summed E-state index contributed by atoms with van der Waals surface area (Å²) in [7, 11) is 0. The summed E-state index contributed by atoms with van der Waals surface area (Å²) >= 11 is 0. The molecule has 6 heteroatoms. The topological polar surface area (TPSA) is 84.6 Å². The standard InChI is InChI=1S/C23H20N2O4/c1-14-3-6-18(7-4-14)29-21-11-17(10-20-19(21)9-15(2)28-20)23(27)25-22-8-5-16(13-26)12-24-22/h3-12,26H,13H2,1-2H3,(H,24,25,27). The zero-order valence-corrected chi connectivity index (χ0v) is 16.1. The van der Waals surface area contributed by atoms with E-state index in [9.17, 15) is 4.79 Å². The lowest BCUT2D eigenvalue weighted by Gasteiger charge is -2.10. The molecule has 4 aromatic rings. The molecule has 0 bridgehead atoms. The molecule has 1 amide bonds. The van der Waals surface area contributed by atoms with Crippen LogP contribution < -0.4 is 10.1 Å². The number of carbonyl (C=O) groups excluding carboxylic acids is 1. The molecule has 146 valence electrons. The Morgan fingerprint density at radius 2 is 1.90 bits per heavy atom. The average molecular weight is 388 g/mol. The van der Waals surface area contributed by atoms with Crippen molar-refractivity contribution in [1.82, 2.24) is 4.98 Å². The van der Waals surface area contributed by atoms with Gasteiger partial charge in [-0.3, -0.25) is 4.79 Å². The van der Waals surface area contributed by atoms with Gasteiger partial charge < -0.3 is 19.6 Å². The molecule has 2 aromatic heterocycles. The molecule has 0 spiro atoms. The first-order chi connectivity index (χ1) is 14.0. The van der Waals surface area contributed by atoms with Crippen LogP contribution in [0.4, 0.5) is 5.82 Å². The number of aliphatic hydroxyl groups excluding tert-OH is 1. The number of fused-ring (bicyclic) bond motifs is 1. The first-order valence-corrected chi connectivity index (χ1v) is 9.17. The molecule has 0 radical (unpaired) electrons. The molecule has 0 atom stereocenters. The smallest absolute Gasteiger partial charge is 0.257 e.